The van der Waals surface area contributed by atoms with E-state index in [0.29, 0.717) is 3.74 Å². The van der Waals surface area contributed by atoms with Crippen molar-refractivity contribution in [1.82, 2.24) is 4.57 Å². The van der Waals surface area contributed by atoms with Crippen LogP contribution < -0.4 is 4.57 Å². The molecule has 0 aliphatic heterocycles. The van der Waals surface area contributed by atoms with Crippen molar-refractivity contribution < 1.29 is 4.57 Å². The summed E-state index contributed by atoms with van der Waals surface area (Å²) in [5.41, 5.74) is 0. The third-order valence-corrected chi connectivity index (χ3v) is 1.75. The van der Waals surface area contributed by atoms with Crippen LogP contribution in [0, 0.1) is 0 Å². The van der Waals surface area contributed by atoms with Crippen molar-refractivity contribution in [3.8, 4) is 0 Å². The van der Waals surface area contributed by atoms with Crippen LogP contribution in [0.2, 0.25) is 0 Å². The van der Waals surface area contributed by atoms with Crippen molar-refractivity contribution >= 4 is 31.9 Å². The molecule has 0 aromatic carbocycles. The van der Waals surface area contributed by atoms with Gasteiger partial charge in [-0.05, 0) is 0 Å². The van der Waals surface area contributed by atoms with Crippen molar-refractivity contribution in [2.75, 3.05) is 0 Å². The van der Waals surface area contributed by atoms with Crippen LogP contribution in [0.1, 0.15) is 0 Å². The molecule has 0 radical (unpaired) electrons. The molecule has 0 aliphatic carbocycles. The highest BCUT2D eigenvalue weighted by Crippen LogP contribution is 2.09. The number of rotatable bonds is 2. The van der Waals surface area contributed by atoms with Gasteiger partial charge in [0.2, 0.25) is 6.33 Å². The Kier molecular flexibility index (Phi) is 2.92. The summed E-state index contributed by atoms with van der Waals surface area (Å²) in [6.45, 7) is 0.945. The molecule has 2 nitrogen and oxygen atoms in total. The van der Waals surface area contributed by atoms with E-state index in [1.807, 2.05) is 30.3 Å². The molecule has 0 spiro atoms. The van der Waals surface area contributed by atoms with Crippen LogP contribution in [0.25, 0.3) is 0 Å². The zero-order valence-electron chi connectivity index (χ0n) is 5.67. The average Bonchev–Trinajstić information content (AvgIpc) is 2.13. The second kappa shape index (κ2) is 3.53. The first-order chi connectivity index (χ1) is 4.68. The second-order valence-electron chi connectivity index (χ2n) is 2.17. The van der Waals surface area contributed by atoms with Crippen LogP contribution in [0.15, 0.2) is 18.7 Å². The molecule has 1 rings (SSSR count). The quantitative estimate of drug-likeness (QED) is 0.567. The summed E-state index contributed by atoms with van der Waals surface area (Å²) in [4.78, 5) is 0. The fourth-order valence-electron chi connectivity index (χ4n) is 0.769. The molecule has 4 heteroatoms. The zero-order chi connectivity index (χ0) is 7.56. The van der Waals surface area contributed by atoms with Gasteiger partial charge in [-0.3, -0.25) is 0 Å². The molecule has 1 heterocycles. The van der Waals surface area contributed by atoms with Crippen LogP contribution in [0.3, 0.4) is 0 Å². The highest BCUT2D eigenvalue weighted by molar-refractivity contribution is 9.24. The maximum atomic E-state index is 3.41. The number of hydrogen-bond donors (Lipinski definition) is 0. The Morgan fingerprint density at radius 3 is 2.70 bits per heavy atom. The molecule has 1 aromatic heterocycles. The summed E-state index contributed by atoms with van der Waals surface area (Å²) in [5, 5.41) is 0. The normalized spacial score (nSPS) is 10.8. The fraction of sp³-hybridized carbons (Fsp3) is 0.500. The number of aromatic nitrogens is 2. The molecular formula is C6H9Br2N2+. The van der Waals surface area contributed by atoms with E-state index in [-0.39, 0.29) is 0 Å². The fourth-order valence-corrected chi connectivity index (χ4v) is 1.44. The maximum Gasteiger partial charge on any atom is 0.243 e. The van der Waals surface area contributed by atoms with E-state index in [1.54, 1.807) is 0 Å². The van der Waals surface area contributed by atoms with E-state index < -0.39 is 0 Å². The molecule has 0 amide bonds. The predicted molar refractivity (Wildman–Crippen MR) is 47.3 cm³/mol. The van der Waals surface area contributed by atoms with Gasteiger partial charge in [0, 0.05) is 0 Å². The van der Waals surface area contributed by atoms with E-state index in [9.17, 15) is 0 Å². The van der Waals surface area contributed by atoms with Gasteiger partial charge in [-0.2, -0.15) is 0 Å². The smallest absolute Gasteiger partial charge is 0.240 e. The van der Waals surface area contributed by atoms with Crippen LogP contribution in [-0.2, 0) is 13.6 Å². The third kappa shape index (κ3) is 2.42. The Hall–Kier alpha value is 0.170. The molecule has 0 fully saturated rings. The second-order valence-corrected chi connectivity index (χ2v) is 5.61. The number of nitrogens with zero attached hydrogens (tertiary/aromatic N) is 2. The average molecular weight is 269 g/mol. The number of halogens is 2. The van der Waals surface area contributed by atoms with Gasteiger partial charge in [-0.25, -0.2) is 9.13 Å². The number of imidazole rings is 1. The number of hydrogen-bond acceptors (Lipinski definition) is 0. The lowest BCUT2D eigenvalue weighted by atomic mass is 10.7. The molecule has 0 N–H and O–H groups in total. The van der Waals surface area contributed by atoms with Gasteiger partial charge in [0.05, 0.1) is 7.05 Å². The van der Waals surface area contributed by atoms with Gasteiger partial charge < -0.3 is 0 Å². The van der Waals surface area contributed by atoms with Crippen molar-refractivity contribution in [3.63, 3.8) is 0 Å². The summed E-state index contributed by atoms with van der Waals surface area (Å²) in [6.07, 6.45) is 6.09. The molecule has 0 atom stereocenters. The summed E-state index contributed by atoms with van der Waals surface area (Å²) in [5.74, 6) is 0. The first-order valence-corrected chi connectivity index (χ1v) is 4.81. The molecular weight excluding hydrogens is 260 g/mol. The van der Waals surface area contributed by atoms with Gasteiger partial charge in [0.1, 0.15) is 22.7 Å². The van der Waals surface area contributed by atoms with Gasteiger partial charge in [0.25, 0.3) is 0 Å². The van der Waals surface area contributed by atoms with Crippen LogP contribution in [0.4, 0.5) is 0 Å². The maximum absolute atomic E-state index is 3.41. The van der Waals surface area contributed by atoms with Crippen molar-refractivity contribution in [2.24, 2.45) is 7.05 Å². The van der Waals surface area contributed by atoms with Crippen molar-refractivity contribution in [3.05, 3.63) is 18.7 Å². The highest BCUT2D eigenvalue weighted by atomic mass is 79.9. The Labute approximate surface area is 77.1 Å². The summed E-state index contributed by atoms with van der Waals surface area (Å²) in [7, 11) is 2.01. The minimum atomic E-state index is 0.354. The van der Waals surface area contributed by atoms with Crippen LogP contribution in [-0.4, -0.2) is 8.30 Å². The molecule has 0 bridgehead atoms. The van der Waals surface area contributed by atoms with E-state index in [2.05, 4.69) is 36.4 Å². The van der Waals surface area contributed by atoms with Crippen molar-refractivity contribution in [2.45, 2.75) is 10.3 Å². The molecule has 0 saturated carbocycles. The van der Waals surface area contributed by atoms with E-state index in [4.69, 9.17) is 0 Å². The highest BCUT2D eigenvalue weighted by Gasteiger charge is 2.03. The Morgan fingerprint density at radius 1 is 1.60 bits per heavy atom. The lowest BCUT2D eigenvalue weighted by Crippen LogP contribution is -2.24. The molecule has 0 saturated heterocycles. The van der Waals surface area contributed by atoms with Gasteiger partial charge >= 0.3 is 0 Å². The molecule has 0 unspecified atom stereocenters. The zero-order valence-corrected chi connectivity index (χ0v) is 8.84. The van der Waals surface area contributed by atoms with E-state index in [0.717, 1.165) is 6.54 Å². The standard InChI is InChI=1S/C6H9Br2N2/c1-9-2-3-10(5-9)4-6(7)8/h2-3,5-6H,4H2,1H3/q+1. The lowest BCUT2D eigenvalue weighted by molar-refractivity contribution is -0.671. The first-order valence-electron chi connectivity index (χ1n) is 2.97. The minimum absolute atomic E-state index is 0.354. The SMILES string of the molecule is C[n+]1ccn(CC(Br)Br)c1. The van der Waals surface area contributed by atoms with E-state index >= 15 is 0 Å². The van der Waals surface area contributed by atoms with Gasteiger partial charge in [-0.15, -0.1) is 0 Å². The Balaban J connectivity index is 2.58. The van der Waals surface area contributed by atoms with E-state index in [1.165, 1.54) is 0 Å². The Bertz CT molecular complexity index is 207. The lowest BCUT2D eigenvalue weighted by Gasteiger charge is -1.94. The number of alkyl halides is 2. The summed E-state index contributed by atoms with van der Waals surface area (Å²) < 4.78 is 4.48. The van der Waals surface area contributed by atoms with Gasteiger partial charge in [0.15, 0.2) is 0 Å². The molecule has 10 heavy (non-hydrogen) atoms. The monoisotopic (exact) mass is 267 g/mol. The first kappa shape index (κ1) is 8.27. The van der Waals surface area contributed by atoms with Crippen LogP contribution in [0.5, 0.6) is 0 Å². The molecule has 1 aromatic rings. The topological polar surface area (TPSA) is 8.81 Å². The van der Waals surface area contributed by atoms with Gasteiger partial charge in [-0.1, -0.05) is 31.9 Å². The minimum Gasteiger partial charge on any atom is -0.240 e. The summed E-state index contributed by atoms with van der Waals surface area (Å²) >= 11 is 6.81. The largest absolute Gasteiger partial charge is 0.243 e. The van der Waals surface area contributed by atoms with Crippen molar-refractivity contribution in [1.29, 1.82) is 0 Å². The summed E-state index contributed by atoms with van der Waals surface area (Å²) in [6, 6.07) is 0. The predicted octanol–water partition coefficient (Wildman–Crippen LogP) is 1.43. The van der Waals surface area contributed by atoms with Crippen LogP contribution >= 0.6 is 31.9 Å². The Morgan fingerprint density at radius 2 is 2.30 bits per heavy atom. The molecule has 0 aliphatic rings. The molecule has 56 valence electrons. The number of aryl methyl sites for hydroxylation is 1. The third-order valence-electron chi connectivity index (χ3n) is 1.17.